The van der Waals surface area contributed by atoms with Gasteiger partial charge >= 0.3 is 0 Å². The maximum Gasteiger partial charge on any atom is 0.255 e. The van der Waals surface area contributed by atoms with E-state index in [2.05, 4.69) is 5.32 Å². The molecule has 0 aliphatic rings. The number of halogens is 2. The van der Waals surface area contributed by atoms with Crippen LogP contribution in [-0.4, -0.2) is 11.0 Å². The maximum absolute atomic E-state index is 12.0. The molecule has 0 atom stereocenters. The Morgan fingerprint density at radius 3 is 2.65 bits per heavy atom. The number of amides is 1. The first-order chi connectivity index (χ1) is 9.49. The van der Waals surface area contributed by atoms with Crippen molar-refractivity contribution in [2.45, 2.75) is 13.5 Å². The van der Waals surface area contributed by atoms with Crippen molar-refractivity contribution in [2.75, 3.05) is 0 Å². The van der Waals surface area contributed by atoms with Crippen LogP contribution < -0.4 is 5.32 Å². The highest BCUT2D eigenvalue weighted by Crippen LogP contribution is 2.23. The molecule has 0 aromatic heterocycles. The van der Waals surface area contributed by atoms with E-state index in [0.717, 1.165) is 5.56 Å². The van der Waals surface area contributed by atoms with E-state index in [0.29, 0.717) is 22.2 Å². The molecule has 0 spiro atoms. The van der Waals surface area contributed by atoms with Gasteiger partial charge in [0.15, 0.2) is 0 Å². The van der Waals surface area contributed by atoms with Crippen LogP contribution in [0.3, 0.4) is 0 Å². The molecule has 2 aromatic rings. The summed E-state index contributed by atoms with van der Waals surface area (Å²) in [6, 6.07) is 10.2. The highest BCUT2D eigenvalue weighted by molar-refractivity contribution is 6.42. The van der Waals surface area contributed by atoms with Crippen molar-refractivity contribution in [3.05, 3.63) is 63.1 Å². The molecule has 3 nitrogen and oxygen atoms in total. The van der Waals surface area contributed by atoms with E-state index in [1.165, 1.54) is 0 Å². The third kappa shape index (κ3) is 3.24. The van der Waals surface area contributed by atoms with Crippen LogP contribution in [0.15, 0.2) is 36.4 Å². The number of carbonyl (C=O) groups excluding carboxylic acids is 1. The van der Waals surface area contributed by atoms with Gasteiger partial charge in [0.05, 0.1) is 15.6 Å². The molecule has 0 aliphatic heterocycles. The lowest BCUT2D eigenvalue weighted by Gasteiger charge is -2.09. The summed E-state index contributed by atoms with van der Waals surface area (Å²) in [5.41, 5.74) is 1.75. The van der Waals surface area contributed by atoms with Crippen LogP contribution in [0.4, 0.5) is 0 Å². The standard InChI is InChI=1S/C15H13Cl2NO2/c1-9-3-2-4-11(14(9)19)15(20)18-8-10-5-6-12(16)13(17)7-10/h2-7,19H,8H2,1H3,(H,18,20). The van der Waals surface area contributed by atoms with Crippen molar-refractivity contribution in [2.24, 2.45) is 0 Å². The highest BCUT2D eigenvalue weighted by Gasteiger charge is 2.12. The molecule has 0 fully saturated rings. The van der Waals surface area contributed by atoms with Crippen LogP contribution >= 0.6 is 23.2 Å². The molecule has 0 radical (unpaired) electrons. The Hall–Kier alpha value is -1.71. The Morgan fingerprint density at radius 2 is 1.95 bits per heavy atom. The topological polar surface area (TPSA) is 49.3 Å². The van der Waals surface area contributed by atoms with Gasteiger partial charge in [0.2, 0.25) is 0 Å². The number of carbonyl (C=O) groups is 1. The van der Waals surface area contributed by atoms with Crippen molar-refractivity contribution in [3.8, 4) is 5.75 Å². The first-order valence-corrected chi connectivity index (χ1v) is 6.75. The predicted molar refractivity (Wildman–Crippen MR) is 80.5 cm³/mol. The zero-order valence-corrected chi connectivity index (χ0v) is 12.3. The molecule has 20 heavy (non-hydrogen) atoms. The van der Waals surface area contributed by atoms with Gasteiger partial charge in [0.25, 0.3) is 5.91 Å². The van der Waals surface area contributed by atoms with Crippen molar-refractivity contribution in [1.29, 1.82) is 0 Å². The average molecular weight is 310 g/mol. The fourth-order valence-electron chi connectivity index (χ4n) is 1.77. The van der Waals surface area contributed by atoms with Gasteiger partial charge < -0.3 is 10.4 Å². The monoisotopic (exact) mass is 309 g/mol. The molecule has 2 N–H and O–H groups in total. The molecular formula is C15H13Cl2NO2. The van der Waals surface area contributed by atoms with E-state index in [1.54, 1.807) is 43.3 Å². The zero-order chi connectivity index (χ0) is 14.7. The summed E-state index contributed by atoms with van der Waals surface area (Å²) < 4.78 is 0. The lowest BCUT2D eigenvalue weighted by Crippen LogP contribution is -2.23. The fourth-order valence-corrected chi connectivity index (χ4v) is 2.09. The quantitative estimate of drug-likeness (QED) is 0.902. The number of nitrogens with one attached hydrogen (secondary N) is 1. The molecule has 0 aliphatic carbocycles. The van der Waals surface area contributed by atoms with E-state index in [4.69, 9.17) is 23.2 Å². The van der Waals surface area contributed by atoms with Crippen molar-refractivity contribution < 1.29 is 9.90 Å². The summed E-state index contributed by atoms with van der Waals surface area (Å²) in [6.07, 6.45) is 0. The van der Waals surface area contributed by atoms with Crippen LogP contribution in [-0.2, 0) is 6.54 Å². The van der Waals surface area contributed by atoms with Gasteiger partial charge in [-0.05, 0) is 36.2 Å². The minimum absolute atomic E-state index is 0.000798. The Labute approximate surface area is 127 Å². The van der Waals surface area contributed by atoms with Gasteiger partial charge in [0.1, 0.15) is 5.75 Å². The number of aryl methyl sites for hydroxylation is 1. The molecule has 2 rings (SSSR count). The van der Waals surface area contributed by atoms with Gasteiger partial charge in [0, 0.05) is 6.54 Å². The molecule has 0 saturated carbocycles. The summed E-state index contributed by atoms with van der Waals surface area (Å²) in [5, 5.41) is 13.5. The largest absolute Gasteiger partial charge is 0.507 e. The first kappa shape index (κ1) is 14.7. The number of hydrogen-bond acceptors (Lipinski definition) is 2. The second kappa shape index (κ2) is 6.16. The number of aromatic hydroxyl groups is 1. The molecule has 5 heteroatoms. The van der Waals surface area contributed by atoms with Gasteiger partial charge in [-0.2, -0.15) is 0 Å². The van der Waals surface area contributed by atoms with Crippen LogP contribution in [0, 0.1) is 6.92 Å². The Morgan fingerprint density at radius 1 is 1.20 bits per heavy atom. The molecule has 0 saturated heterocycles. The number of phenols is 1. The van der Waals surface area contributed by atoms with Crippen molar-refractivity contribution in [1.82, 2.24) is 5.32 Å². The van der Waals surface area contributed by atoms with E-state index in [-0.39, 0.29) is 17.2 Å². The molecule has 104 valence electrons. The van der Waals surface area contributed by atoms with E-state index >= 15 is 0 Å². The second-order valence-electron chi connectivity index (χ2n) is 4.40. The minimum atomic E-state index is -0.336. The van der Waals surface area contributed by atoms with Crippen molar-refractivity contribution in [3.63, 3.8) is 0 Å². The predicted octanol–water partition coefficient (Wildman–Crippen LogP) is 3.94. The van der Waals surface area contributed by atoms with E-state index < -0.39 is 0 Å². The summed E-state index contributed by atoms with van der Waals surface area (Å²) in [6.45, 7) is 2.05. The summed E-state index contributed by atoms with van der Waals surface area (Å²) >= 11 is 11.7. The number of para-hydroxylation sites is 1. The minimum Gasteiger partial charge on any atom is -0.507 e. The summed E-state index contributed by atoms with van der Waals surface area (Å²) in [4.78, 5) is 12.0. The molecule has 0 bridgehead atoms. The van der Waals surface area contributed by atoms with Crippen LogP contribution in [0.1, 0.15) is 21.5 Å². The fraction of sp³-hybridized carbons (Fsp3) is 0.133. The van der Waals surface area contributed by atoms with Crippen molar-refractivity contribution >= 4 is 29.1 Å². The Kier molecular flexibility index (Phi) is 4.53. The number of benzene rings is 2. The van der Waals surface area contributed by atoms with Gasteiger partial charge in [-0.1, -0.05) is 41.4 Å². The van der Waals surface area contributed by atoms with E-state index in [9.17, 15) is 9.90 Å². The first-order valence-electron chi connectivity index (χ1n) is 5.99. The summed E-state index contributed by atoms with van der Waals surface area (Å²) in [5.74, 6) is -0.337. The number of phenolic OH excluding ortho intramolecular Hbond substituents is 1. The van der Waals surface area contributed by atoms with Crippen LogP contribution in [0.25, 0.3) is 0 Å². The lowest BCUT2D eigenvalue weighted by atomic mass is 10.1. The molecular weight excluding hydrogens is 297 g/mol. The van der Waals surface area contributed by atoms with Gasteiger partial charge in [-0.25, -0.2) is 0 Å². The number of rotatable bonds is 3. The second-order valence-corrected chi connectivity index (χ2v) is 5.22. The normalized spacial score (nSPS) is 10.3. The third-order valence-corrected chi connectivity index (χ3v) is 3.66. The maximum atomic E-state index is 12.0. The third-order valence-electron chi connectivity index (χ3n) is 2.92. The van der Waals surface area contributed by atoms with E-state index in [1.807, 2.05) is 0 Å². The summed E-state index contributed by atoms with van der Waals surface area (Å²) in [7, 11) is 0. The lowest BCUT2D eigenvalue weighted by molar-refractivity contribution is 0.0948. The van der Waals surface area contributed by atoms with Crippen LogP contribution in [0.5, 0.6) is 5.75 Å². The molecule has 1 amide bonds. The molecule has 0 heterocycles. The molecule has 0 unspecified atom stereocenters. The zero-order valence-electron chi connectivity index (χ0n) is 10.8. The smallest absolute Gasteiger partial charge is 0.255 e. The number of hydrogen-bond donors (Lipinski definition) is 2. The average Bonchev–Trinajstić information content (AvgIpc) is 2.43. The SMILES string of the molecule is Cc1cccc(C(=O)NCc2ccc(Cl)c(Cl)c2)c1O. The van der Waals surface area contributed by atoms with Crippen LogP contribution in [0.2, 0.25) is 10.0 Å². The highest BCUT2D eigenvalue weighted by atomic mass is 35.5. The Bertz CT molecular complexity index is 656. The van der Waals surface area contributed by atoms with Gasteiger partial charge in [-0.15, -0.1) is 0 Å². The Balaban J connectivity index is 2.08. The van der Waals surface area contributed by atoms with Gasteiger partial charge in [-0.3, -0.25) is 4.79 Å². The molecule has 2 aromatic carbocycles.